The molecule has 0 amide bonds. The van der Waals surface area contributed by atoms with Gasteiger partial charge in [0.1, 0.15) is 0 Å². The van der Waals surface area contributed by atoms with E-state index in [9.17, 15) is 16.8 Å². The summed E-state index contributed by atoms with van der Waals surface area (Å²) in [5.74, 6) is 0.320. The molecular weight excluding hydrogens is 360 g/mol. The van der Waals surface area contributed by atoms with E-state index in [1.54, 1.807) is 12.1 Å². The maximum absolute atomic E-state index is 12.9. The van der Waals surface area contributed by atoms with E-state index in [1.807, 2.05) is 26.0 Å². The van der Waals surface area contributed by atoms with Gasteiger partial charge in [-0.3, -0.25) is 4.31 Å². The fourth-order valence-corrected chi connectivity index (χ4v) is 4.99. The van der Waals surface area contributed by atoms with Crippen molar-refractivity contribution in [2.24, 2.45) is 5.14 Å². The average molecular weight is 380 g/mol. The molecule has 0 spiro atoms. The molecule has 6 nitrogen and oxygen atoms in total. The minimum Gasteiger partial charge on any atom is -0.266 e. The average Bonchev–Trinajstić information content (AvgIpc) is 2.98. The van der Waals surface area contributed by atoms with Crippen molar-refractivity contribution >= 4 is 25.7 Å². The van der Waals surface area contributed by atoms with Crippen molar-refractivity contribution in [3.63, 3.8) is 0 Å². The van der Waals surface area contributed by atoms with Crippen molar-refractivity contribution < 1.29 is 16.8 Å². The third-order valence-corrected chi connectivity index (χ3v) is 7.11. The van der Waals surface area contributed by atoms with Crippen LogP contribution < -0.4 is 9.44 Å². The van der Waals surface area contributed by atoms with E-state index in [1.165, 1.54) is 22.5 Å². The summed E-state index contributed by atoms with van der Waals surface area (Å²) >= 11 is 0. The third-order valence-electron chi connectivity index (χ3n) is 4.37. The molecule has 0 radical (unpaired) electrons. The van der Waals surface area contributed by atoms with Crippen LogP contribution in [-0.4, -0.2) is 23.4 Å². The first kappa shape index (κ1) is 17.9. The van der Waals surface area contributed by atoms with Gasteiger partial charge in [0.15, 0.2) is 0 Å². The van der Waals surface area contributed by atoms with Gasteiger partial charge in [-0.1, -0.05) is 26.0 Å². The van der Waals surface area contributed by atoms with Crippen LogP contribution in [0, 0.1) is 0 Å². The first-order valence-corrected chi connectivity index (χ1v) is 10.9. The number of hydrogen-bond acceptors (Lipinski definition) is 4. The Kier molecular flexibility index (Phi) is 4.38. The Labute approximate surface area is 148 Å². The van der Waals surface area contributed by atoms with Crippen LogP contribution >= 0.6 is 0 Å². The molecular formula is C17H20N2O4S2. The summed E-state index contributed by atoms with van der Waals surface area (Å²) in [6.45, 7) is 4.37. The molecule has 25 heavy (non-hydrogen) atoms. The molecule has 0 saturated heterocycles. The maximum Gasteiger partial charge on any atom is 0.264 e. The zero-order valence-corrected chi connectivity index (χ0v) is 15.6. The molecule has 1 heterocycles. The van der Waals surface area contributed by atoms with Crippen LogP contribution in [0.4, 0.5) is 5.69 Å². The van der Waals surface area contributed by atoms with Crippen molar-refractivity contribution in [2.45, 2.75) is 36.0 Å². The van der Waals surface area contributed by atoms with Gasteiger partial charge >= 0.3 is 0 Å². The molecule has 2 aromatic rings. The lowest BCUT2D eigenvalue weighted by Crippen LogP contribution is -2.29. The van der Waals surface area contributed by atoms with Gasteiger partial charge in [0.2, 0.25) is 10.0 Å². The number of sulfonamides is 2. The van der Waals surface area contributed by atoms with Crippen LogP contribution in [0.3, 0.4) is 0 Å². The Balaban J connectivity index is 1.99. The minimum absolute atomic E-state index is 0.00761. The predicted octanol–water partition coefficient (Wildman–Crippen LogP) is 2.21. The lowest BCUT2D eigenvalue weighted by molar-refractivity contribution is 0.592. The van der Waals surface area contributed by atoms with Gasteiger partial charge in [-0.15, -0.1) is 0 Å². The second-order valence-electron chi connectivity index (χ2n) is 6.39. The first-order chi connectivity index (χ1) is 11.6. The number of nitrogens with zero attached hydrogens (tertiary/aromatic N) is 1. The molecule has 8 heteroatoms. The second-order valence-corrected chi connectivity index (χ2v) is 9.81. The van der Waals surface area contributed by atoms with Crippen LogP contribution in [0.15, 0.2) is 52.3 Å². The Morgan fingerprint density at radius 2 is 1.56 bits per heavy atom. The monoisotopic (exact) mass is 380 g/mol. The van der Waals surface area contributed by atoms with Crippen LogP contribution in [0.1, 0.15) is 30.9 Å². The highest BCUT2D eigenvalue weighted by Crippen LogP contribution is 2.34. The first-order valence-electron chi connectivity index (χ1n) is 7.89. The van der Waals surface area contributed by atoms with Gasteiger partial charge < -0.3 is 0 Å². The standard InChI is InChI=1S/C17H20N2O4S2/c1-12(2)13-3-5-15(6-4-13)25(22,23)19-10-9-14-11-16(24(18,20)21)7-8-17(14)19/h3-8,11-12H,9-10H2,1-2H3,(H2,18,20,21). The Bertz CT molecular complexity index is 1010. The van der Waals surface area contributed by atoms with Crippen LogP contribution in [0.25, 0.3) is 0 Å². The molecule has 0 unspecified atom stereocenters. The van der Waals surface area contributed by atoms with E-state index in [0.717, 1.165) is 5.56 Å². The minimum atomic E-state index is -3.81. The molecule has 0 aromatic heterocycles. The summed E-state index contributed by atoms with van der Waals surface area (Å²) in [7, 11) is -7.50. The fourth-order valence-electron chi connectivity index (χ4n) is 2.93. The van der Waals surface area contributed by atoms with E-state index in [2.05, 4.69) is 0 Å². The third kappa shape index (κ3) is 3.29. The number of benzene rings is 2. The lowest BCUT2D eigenvalue weighted by Gasteiger charge is -2.20. The zero-order valence-electron chi connectivity index (χ0n) is 14.0. The Morgan fingerprint density at radius 3 is 2.12 bits per heavy atom. The van der Waals surface area contributed by atoms with Crippen molar-refractivity contribution in [2.75, 3.05) is 10.8 Å². The quantitative estimate of drug-likeness (QED) is 0.879. The Hall–Kier alpha value is -1.90. The molecule has 0 saturated carbocycles. The van der Waals surface area contributed by atoms with Crippen LogP contribution in [-0.2, 0) is 26.5 Å². The molecule has 2 N–H and O–H groups in total. The lowest BCUT2D eigenvalue weighted by atomic mass is 10.0. The summed E-state index contributed by atoms with van der Waals surface area (Å²) in [6.07, 6.45) is 0.446. The highest BCUT2D eigenvalue weighted by atomic mass is 32.2. The van der Waals surface area contributed by atoms with E-state index >= 15 is 0 Å². The number of anilines is 1. The highest BCUT2D eigenvalue weighted by molar-refractivity contribution is 7.92. The summed E-state index contributed by atoms with van der Waals surface area (Å²) in [4.78, 5) is 0.215. The van der Waals surface area contributed by atoms with Crippen molar-refractivity contribution in [3.8, 4) is 0 Å². The fraction of sp³-hybridized carbons (Fsp3) is 0.294. The summed E-state index contributed by atoms with van der Waals surface area (Å²) in [5, 5.41) is 5.14. The summed E-state index contributed by atoms with van der Waals surface area (Å²) < 4.78 is 50.1. The van der Waals surface area contributed by atoms with Crippen molar-refractivity contribution in [1.82, 2.24) is 0 Å². The Morgan fingerprint density at radius 1 is 0.960 bits per heavy atom. The van der Waals surface area contributed by atoms with Gasteiger partial charge in [0.05, 0.1) is 15.5 Å². The number of primary sulfonamides is 1. The second kappa shape index (κ2) is 6.12. The topological polar surface area (TPSA) is 97.5 Å². The molecule has 0 aliphatic carbocycles. The number of hydrogen-bond donors (Lipinski definition) is 1. The summed E-state index contributed by atoms with van der Waals surface area (Å²) in [5.41, 5.74) is 2.23. The molecule has 134 valence electrons. The molecule has 0 bridgehead atoms. The maximum atomic E-state index is 12.9. The number of rotatable bonds is 4. The van der Waals surface area contributed by atoms with Crippen molar-refractivity contribution in [3.05, 3.63) is 53.6 Å². The summed E-state index contributed by atoms with van der Waals surface area (Å²) in [6, 6.07) is 11.1. The van der Waals surface area contributed by atoms with E-state index in [-0.39, 0.29) is 16.3 Å². The van der Waals surface area contributed by atoms with Gasteiger partial charge in [0, 0.05) is 6.54 Å². The van der Waals surface area contributed by atoms with Gasteiger partial charge in [0.25, 0.3) is 10.0 Å². The predicted molar refractivity (Wildman–Crippen MR) is 96.6 cm³/mol. The molecule has 0 fully saturated rings. The molecule has 1 aliphatic heterocycles. The number of fused-ring (bicyclic) bond motifs is 1. The molecule has 0 atom stereocenters. The van der Waals surface area contributed by atoms with Gasteiger partial charge in [-0.2, -0.15) is 0 Å². The van der Waals surface area contributed by atoms with Gasteiger partial charge in [-0.05, 0) is 53.8 Å². The SMILES string of the molecule is CC(C)c1ccc(S(=O)(=O)N2CCc3cc(S(N)(=O)=O)ccc32)cc1. The smallest absolute Gasteiger partial charge is 0.264 e. The van der Waals surface area contributed by atoms with E-state index in [4.69, 9.17) is 5.14 Å². The van der Waals surface area contributed by atoms with E-state index in [0.29, 0.717) is 23.6 Å². The normalized spacial score (nSPS) is 14.8. The van der Waals surface area contributed by atoms with Crippen molar-refractivity contribution in [1.29, 1.82) is 0 Å². The number of nitrogens with two attached hydrogens (primary N) is 1. The molecule has 1 aliphatic rings. The zero-order chi connectivity index (χ0) is 18.4. The highest BCUT2D eigenvalue weighted by Gasteiger charge is 2.31. The molecule has 2 aromatic carbocycles. The van der Waals surface area contributed by atoms with Gasteiger partial charge in [-0.25, -0.2) is 22.0 Å². The largest absolute Gasteiger partial charge is 0.266 e. The molecule has 3 rings (SSSR count). The van der Waals surface area contributed by atoms with Crippen LogP contribution in [0.5, 0.6) is 0 Å². The van der Waals surface area contributed by atoms with Crippen LogP contribution in [0.2, 0.25) is 0 Å². The van der Waals surface area contributed by atoms with E-state index < -0.39 is 20.0 Å².